The van der Waals surface area contributed by atoms with Crippen molar-refractivity contribution >= 4 is 16.9 Å². The maximum absolute atomic E-state index is 13.6. The molecule has 2 atom stereocenters. The minimum atomic E-state index is 0.0708. The lowest BCUT2D eigenvalue weighted by Crippen LogP contribution is -2.33. The van der Waals surface area contributed by atoms with Gasteiger partial charge in [-0.1, -0.05) is 0 Å². The van der Waals surface area contributed by atoms with E-state index in [0.717, 1.165) is 50.1 Å². The zero-order chi connectivity index (χ0) is 20.0. The molecule has 7 nitrogen and oxygen atoms in total. The minimum absolute atomic E-state index is 0.0708. The van der Waals surface area contributed by atoms with E-state index in [2.05, 4.69) is 24.3 Å². The normalized spacial score (nSPS) is 22.2. The van der Waals surface area contributed by atoms with Crippen molar-refractivity contribution in [3.63, 3.8) is 0 Å². The molecule has 0 spiro atoms. The number of carbonyl (C=O) groups is 1. The summed E-state index contributed by atoms with van der Waals surface area (Å²) >= 11 is 0. The van der Waals surface area contributed by atoms with Crippen LogP contribution in [0, 0.1) is 11.8 Å². The molecule has 5 heterocycles. The molecule has 7 heteroatoms. The molecule has 0 aromatic carbocycles. The summed E-state index contributed by atoms with van der Waals surface area (Å²) < 4.78 is 7.44. The quantitative estimate of drug-likeness (QED) is 0.739. The minimum Gasteiger partial charge on any atom is -0.463 e. The van der Waals surface area contributed by atoms with E-state index in [-0.39, 0.29) is 11.9 Å². The lowest BCUT2D eigenvalue weighted by molar-refractivity contribution is 0.0760. The molecule has 29 heavy (non-hydrogen) atoms. The predicted molar refractivity (Wildman–Crippen MR) is 111 cm³/mol. The number of hydrogen-bond acceptors (Lipinski definition) is 5. The van der Waals surface area contributed by atoms with Gasteiger partial charge in [-0.3, -0.25) is 4.79 Å². The van der Waals surface area contributed by atoms with Crippen molar-refractivity contribution in [1.29, 1.82) is 0 Å². The molecule has 2 aliphatic rings. The third-order valence-electron chi connectivity index (χ3n) is 6.37. The summed E-state index contributed by atoms with van der Waals surface area (Å²) in [6, 6.07) is 5.73. The summed E-state index contributed by atoms with van der Waals surface area (Å²) in [7, 11) is 0. The molecule has 3 aromatic rings. The van der Waals surface area contributed by atoms with Gasteiger partial charge in [0.2, 0.25) is 0 Å². The predicted octanol–water partition coefficient (Wildman–Crippen LogP) is 3.34. The van der Waals surface area contributed by atoms with Crippen molar-refractivity contribution in [3.8, 4) is 11.5 Å². The average Bonchev–Trinajstić information content (AvgIpc) is 3.45. The molecule has 2 aliphatic heterocycles. The molecule has 3 aromatic heterocycles. The molecule has 2 fully saturated rings. The van der Waals surface area contributed by atoms with Crippen molar-refractivity contribution in [2.24, 2.45) is 11.8 Å². The van der Waals surface area contributed by atoms with Crippen LogP contribution in [-0.4, -0.2) is 51.8 Å². The van der Waals surface area contributed by atoms with Gasteiger partial charge in [0.25, 0.3) is 5.91 Å². The maximum atomic E-state index is 13.6. The molecular formula is C22H27N5O2. The van der Waals surface area contributed by atoms with Crippen molar-refractivity contribution in [2.75, 3.05) is 26.2 Å². The Balaban J connectivity index is 1.55. The van der Waals surface area contributed by atoms with E-state index in [1.165, 1.54) is 0 Å². The summed E-state index contributed by atoms with van der Waals surface area (Å²) in [6.07, 6.45) is 5.53. The standard InChI is InChI=1S/C22H27N5O2/c1-14(2)27-21-18(13-24-27)17(10-19(25-21)20-4-3-9-29-20)22(28)26-7-5-15-11-23-12-16(15)6-8-26/h3-4,9-10,13-16,23H,5-8,11-12H2,1-2H3/t15-,16+. The van der Waals surface area contributed by atoms with Gasteiger partial charge >= 0.3 is 0 Å². The first-order chi connectivity index (χ1) is 14.1. The van der Waals surface area contributed by atoms with Crippen LogP contribution in [0.25, 0.3) is 22.5 Å². The van der Waals surface area contributed by atoms with Gasteiger partial charge in [0, 0.05) is 19.1 Å². The summed E-state index contributed by atoms with van der Waals surface area (Å²) in [5, 5.41) is 8.82. The van der Waals surface area contributed by atoms with Crippen LogP contribution in [0.1, 0.15) is 43.1 Å². The Kier molecular flexibility index (Phi) is 4.62. The SMILES string of the molecule is CC(C)n1ncc2c(C(=O)N3CC[C@@H]4CNC[C@@H]4CC3)cc(-c3ccco3)nc21. The molecule has 1 amide bonds. The van der Waals surface area contributed by atoms with Crippen LogP contribution >= 0.6 is 0 Å². The summed E-state index contributed by atoms with van der Waals surface area (Å²) in [6.45, 7) is 7.90. The van der Waals surface area contributed by atoms with Gasteiger partial charge in [-0.05, 0) is 69.8 Å². The third kappa shape index (κ3) is 3.23. The van der Waals surface area contributed by atoms with Gasteiger partial charge in [-0.15, -0.1) is 0 Å². The van der Waals surface area contributed by atoms with Gasteiger partial charge in [0.1, 0.15) is 5.69 Å². The van der Waals surface area contributed by atoms with Crippen LogP contribution in [0.5, 0.6) is 0 Å². The molecule has 0 radical (unpaired) electrons. The largest absolute Gasteiger partial charge is 0.463 e. The Bertz CT molecular complexity index is 1010. The van der Waals surface area contributed by atoms with E-state index in [1.54, 1.807) is 12.5 Å². The number of nitrogens with one attached hydrogen (secondary N) is 1. The highest BCUT2D eigenvalue weighted by molar-refractivity contribution is 6.06. The Morgan fingerprint density at radius 1 is 1.24 bits per heavy atom. The van der Waals surface area contributed by atoms with Crippen LogP contribution in [0.4, 0.5) is 0 Å². The number of hydrogen-bond donors (Lipinski definition) is 1. The van der Waals surface area contributed by atoms with Crippen molar-refractivity contribution in [3.05, 3.63) is 36.2 Å². The van der Waals surface area contributed by atoms with Gasteiger partial charge in [0.05, 0.1) is 23.4 Å². The first-order valence-electron chi connectivity index (χ1n) is 10.5. The number of pyridine rings is 1. The number of amides is 1. The van der Waals surface area contributed by atoms with Crippen LogP contribution < -0.4 is 5.32 Å². The monoisotopic (exact) mass is 393 g/mol. The number of carbonyl (C=O) groups excluding carboxylic acids is 1. The third-order valence-corrected chi connectivity index (χ3v) is 6.37. The van der Waals surface area contributed by atoms with Gasteiger partial charge < -0.3 is 14.6 Å². The number of nitrogens with zero attached hydrogens (tertiary/aromatic N) is 4. The molecule has 1 N–H and O–H groups in total. The van der Waals surface area contributed by atoms with E-state index >= 15 is 0 Å². The first kappa shape index (κ1) is 18.4. The highest BCUT2D eigenvalue weighted by Gasteiger charge is 2.32. The second-order valence-electron chi connectivity index (χ2n) is 8.50. The molecule has 0 bridgehead atoms. The summed E-state index contributed by atoms with van der Waals surface area (Å²) in [5.74, 6) is 2.11. The Morgan fingerprint density at radius 3 is 2.66 bits per heavy atom. The van der Waals surface area contributed by atoms with E-state index in [0.29, 0.717) is 28.9 Å². The molecular weight excluding hydrogens is 366 g/mol. The lowest BCUT2D eigenvalue weighted by atomic mass is 9.92. The summed E-state index contributed by atoms with van der Waals surface area (Å²) in [4.78, 5) is 20.4. The van der Waals surface area contributed by atoms with E-state index in [1.807, 2.05) is 27.8 Å². The molecule has 0 aliphatic carbocycles. The van der Waals surface area contributed by atoms with E-state index < -0.39 is 0 Å². The van der Waals surface area contributed by atoms with E-state index in [9.17, 15) is 4.79 Å². The lowest BCUT2D eigenvalue weighted by Gasteiger charge is -2.21. The Morgan fingerprint density at radius 2 is 2.00 bits per heavy atom. The molecule has 0 saturated carbocycles. The number of likely N-dealkylation sites (tertiary alicyclic amines) is 1. The number of rotatable bonds is 3. The zero-order valence-corrected chi connectivity index (χ0v) is 17.0. The smallest absolute Gasteiger partial charge is 0.254 e. The van der Waals surface area contributed by atoms with Crippen molar-refractivity contribution in [2.45, 2.75) is 32.7 Å². The van der Waals surface area contributed by atoms with Gasteiger partial charge in [-0.2, -0.15) is 5.10 Å². The van der Waals surface area contributed by atoms with E-state index in [4.69, 9.17) is 9.40 Å². The van der Waals surface area contributed by atoms with Gasteiger partial charge in [-0.25, -0.2) is 9.67 Å². The maximum Gasteiger partial charge on any atom is 0.254 e. The molecule has 5 rings (SSSR count). The van der Waals surface area contributed by atoms with Gasteiger partial charge in [0.15, 0.2) is 11.4 Å². The van der Waals surface area contributed by atoms with Crippen molar-refractivity contribution < 1.29 is 9.21 Å². The molecule has 2 saturated heterocycles. The fourth-order valence-electron chi connectivity index (χ4n) is 4.71. The number of furan rings is 1. The first-order valence-corrected chi connectivity index (χ1v) is 10.5. The molecule has 152 valence electrons. The second kappa shape index (κ2) is 7.30. The second-order valence-corrected chi connectivity index (χ2v) is 8.50. The van der Waals surface area contributed by atoms with Crippen LogP contribution in [-0.2, 0) is 0 Å². The van der Waals surface area contributed by atoms with Crippen LogP contribution in [0.3, 0.4) is 0 Å². The fraction of sp³-hybridized carbons (Fsp3) is 0.500. The fourth-order valence-corrected chi connectivity index (χ4v) is 4.71. The number of aromatic nitrogens is 3. The topological polar surface area (TPSA) is 76.2 Å². The molecule has 0 unspecified atom stereocenters. The zero-order valence-electron chi connectivity index (χ0n) is 17.0. The summed E-state index contributed by atoms with van der Waals surface area (Å²) in [5.41, 5.74) is 2.07. The van der Waals surface area contributed by atoms with Crippen LogP contribution in [0.15, 0.2) is 35.1 Å². The Labute approximate surface area is 170 Å². The number of fused-ring (bicyclic) bond motifs is 2. The van der Waals surface area contributed by atoms with Crippen LogP contribution in [0.2, 0.25) is 0 Å². The highest BCUT2D eigenvalue weighted by atomic mass is 16.3. The Hall–Kier alpha value is -2.67. The van der Waals surface area contributed by atoms with Crippen molar-refractivity contribution in [1.82, 2.24) is 25.0 Å². The highest BCUT2D eigenvalue weighted by Crippen LogP contribution is 2.30. The average molecular weight is 393 g/mol.